The molecule has 1 aliphatic carbocycles. The minimum Gasteiger partial charge on any atom is -0.460 e. The third-order valence-corrected chi connectivity index (χ3v) is 5.53. The topological polar surface area (TPSA) is 29.5 Å². The highest BCUT2D eigenvalue weighted by Crippen LogP contribution is 2.35. The van der Waals surface area contributed by atoms with Gasteiger partial charge in [0.05, 0.1) is 0 Å². The van der Waals surface area contributed by atoms with Gasteiger partial charge in [-0.1, -0.05) is 72.8 Å². The molecule has 3 aliphatic rings. The van der Waals surface area contributed by atoms with Crippen molar-refractivity contribution in [1.82, 2.24) is 4.90 Å². The average molecular weight is 347 g/mol. The van der Waals surface area contributed by atoms with Gasteiger partial charge in [0.2, 0.25) is 0 Å². The van der Waals surface area contributed by atoms with Gasteiger partial charge in [-0.25, -0.2) is 0 Å². The summed E-state index contributed by atoms with van der Waals surface area (Å²) in [6.07, 6.45) is 7.68. The van der Waals surface area contributed by atoms with Crippen LogP contribution in [0.3, 0.4) is 0 Å². The normalized spacial score (nSPS) is 24.5. The number of carbonyl (C=O) groups is 1. The molecule has 2 aliphatic heterocycles. The standard InChI is InChI=1S/C23H25NO2/c25-23(26-17-19-9-5-2-6-10-19)22-20-11-13-21(14-12-20)24(22)16-15-18-7-3-1-4-8-18/h1-11,13,20-22H,12,14-17H2/t20?,21?,22-/m1/s1. The van der Waals surface area contributed by atoms with Crippen molar-refractivity contribution in [3.63, 3.8) is 0 Å². The molecule has 0 aromatic heterocycles. The van der Waals surface area contributed by atoms with Crippen molar-refractivity contribution in [1.29, 1.82) is 0 Å². The van der Waals surface area contributed by atoms with E-state index >= 15 is 0 Å². The first-order chi connectivity index (χ1) is 12.8. The molecule has 2 heterocycles. The highest BCUT2D eigenvalue weighted by atomic mass is 16.5. The maximum absolute atomic E-state index is 12.9. The number of nitrogens with zero attached hydrogens (tertiary/aromatic N) is 1. The Bertz CT molecular complexity index is 756. The van der Waals surface area contributed by atoms with E-state index in [0.29, 0.717) is 12.6 Å². The van der Waals surface area contributed by atoms with Gasteiger partial charge in [-0.05, 0) is 30.4 Å². The maximum atomic E-state index is 12.9. The van der Waals surface area contributed by atoms with Crippen LogP contribution >= 0.6 is 0 Å². The number of esters is 1. The highest BCUT2D eigenvalue weighted by Gasteiger charge is 2.43. The van der Waals surface area contributed by atoms with E-state index in [-0.39, 0.29) is 17.9 Å². The lowest BCUT2D eigenvalue weighted by molar-refractivity contribution is -0.156. The Hall–Kier alpha value is -2.39. The van der Waals surface area contributed by atoms with Crippen LogP contribution in [-0.4, -0.2) is 29.5 Å². The van der Waals surface area contributed by atoms with Crippen LogP contribution in [0.1, 0.15) is 24.0 Å². The van der Waals surface area contributed by atoms with E-state index in [9.17, 15) is 4.79 Å². The minimum absolute atomic E-state index is 0.0824. The fourth-order valence-electron chi connectivity index (χ4n) is 4.15. The molecular weight excluding hydrogens is 322 g/mol. The summed E-state index contributed by atoms with van der Waals surface area (Å²) in [6, 6.07) is 20.6. The number of piperidine rings is 1. The van der Waals surface area contributed by atoms with Crippen LogP contribution in [-0.2, 0) is 22.6 Å². The molecule has 26 heavy (non-hydrogen) atoms. The third kappa shape index (κ3) is 3.73. The summed E-state index contributed by atoms with van der Waals surface area (Å²) in [5.41, 5.74) is 2.35. The Morgan fingerprint density at radius 3 is 2.27 bits per heavy atom. The molecule has 134 valence electrons. The Balaban J connectivity index is 1.43. The number of fused-ring (bicyclic) bond motifs is 2. The fraction of sp³-hybridized carbons (Fsp3) is 0.348. The third-order valence-electron chi connectivity index (χ3n) is 5.53. The van der Waals surface area contributed by atoms with Gasteiger partial charge < -0.3 is 4.74 Å². The Kier molecular flexibility index (Phi) is 5.16. The van der Waals surface area contributed by atoms with E-state index in [1.807, 2.05) is 36.4 Å². The quantitative estimate of drug-likeness (QED) is 0.584. The molecular formula is C23H25NO2. The van der Waals surface area contributed by atoms with E-state index in [1.54, 1.807) is 0 Å². The van der Waals surface area contributed by atoms with Crippen molar-refractivity contribution in [3.05, 3.63) is 83.9 Å². The van der Waals surface area contributed by atoms with Gasteiger partial charge in [-0.15, -0.1) is 0 Å². The fourth-order valence-corrected chi connectivity index (χ4v) is 4.15. The lowest BCUT2D eigenvalue weighted by Gasteiger charge is -2.46. The Labute approximate surface area is 155 Å². The molecule has 0 amide bonds. The van der Waals surface area contributed by atoms with Gasteiger partial charge in [0, 0.05) is 18.5 Å². The molecule has 1 fully saturated rings. The van der Waals surface area contributed by atoms with Crippen molar-refractivity contribution >= 4 is 5.97 Å². The summed E-state index contributed by atoms with van der Waals surface area (Å²) >= 11 is 0. The number of benzene rings is 2. The van der Waals surface area contributed by atoms with Crippen molar-refractivity contribution < 1.29 is 9.53 Å². The zero-order chi connectivity index (χ0) is 17.8. The van der Waals surface area contributed by atoms with Crippen molar-refractivity contribution in [3.8, 4) is 0 Å². The molecule has 0 N–H and O–H groups in total. The van der Waals surface area contributed by atoms with Crippen LogP contribution < -0.4 is 0 Å². The van der Waals surface area contributed by atoms with E-state index in [1.165, 1.54) is 5.56 Å². The lowest BCUT2D eigenvalue weighted by atomic mass is 9.79. The summed E-state index contributed by atoms with van der Waals surface area (Å²) in [6.45, 7) is 1.24. The first-order valence-corrected chi connectivity index (χ1v) is 9.50. The van der Waals surface area contributed by atoms with Gasteiger partial charge in [-0.2, -0.15) is 0 Å². The zero-order valence-corrected chi connectivity index (χ0v) is 15.0. The first-order valence-electron chi connectivity index (χ1n) is 9.50. The van der Waals surface area contributed by atoms with Crippen molar-refractivity contribution in [2.75, 3.05) is 6.54 Å². The van der Waals surface area contributed by atoms with Gasteiger partial charge in [-0.3, -0.25) is 9.69 Å². The van der Waals surface area contributed by atoms with E-state index in [0.717, 1.165) is 31.4 Å². The molecule has 1 saturated heterocycles. The molecule has 0 radical (unpaired) electrons. The molecule has 2 unspecified atom stereocenters. The predicted octanol–water partition coefficient (Wildman–Crippen LogP) is 3.99. The molecule has 3 heteroatoms. The molecule has 5 rings (SSSR count). The molecule has 0 saturated carbocycles. The number of hydrogen-bond acceptors (Lipinski definition) is 3. The van der Waals surface area contributed by atoms with Crippen LogP contribution in [0.15, 0.2) is 72.8 Å². The molecule has 3 nitrogen and oxygen atoms in total. The predicted molar refractivity (Wildman–Crippen MR) is 103 cm³/mol. The molecule has 2 bridgehead atoms. The maximum Gasteiger partial charge on any atom is 0.324 e. The van der Waals surface area contributed by atoms with Gasteiger partial charge in [0.25, 0.3) is 0 Å². The summed E-state index contributed by atoms with van der Waals surface area (Å²) < 4.78 is 5.69. The van der Waals surface area contributed by atoms with Crippen molar-refractivity contribution in [2.45, 2.75) is 38.0 Å². The monoisotopic (exact) mass is 347 g/mol. The van der Waals surface area contributed by atoms with Crippen LogP contribution in [0.5, 0.6) is 0 Å². The SMILES string of the molecule is O=C(OCc1ccccc1)[C@H]1C2C=CC(CC2)N1CCc1ccccc1. The molecule has 2 aromatic rings. The Morgan fingerprint density at radius 2 is 1.62 bits per heavy atom. The molecule has 2 aromatic carbocycles. The lowest BCUT2D eigenvalue weighted by Crippen LogP contribution is -2.57. The second kappa shape index (κ2) is 7.88. The Morgan fingerprint density at radius 1 is 0.923 bits per heavy atom. The second-order valence-electron chi connectivity index (χ2n) is 7.21. The van der Waals surface area contributed by atoms with Crippen LogP contribution in [0.4, 0.5) is 0 Å². The van der Waals surface area contributed by atoms with Crippen molar-refractivity contribution in [2.24, 2.45) is 5.92 Å². The molecule has 3 atom stereocenters. The number of rotatable bonds is 6. The average Bonchev–Trinajstić information content (AvgIpc) is 2.72. The zero-order valence-electron chi connectivity index (χ0n) is 15.0. The number of ether oxygens (including phenoxy) is 1. The largest absolute Gasteiger partial charge is 0.460 e. The summed E-state index contributed by atoms with van der Waals surface area (Å²) in [4.78, 5) is 15.2. The van der Waals surface area contributed by atoms with Gasteiger partial charge in [0.15, 0.2) is 0 Å². The van der Waals surface area contributed by atoms with Gasteiger partial charge in [0.1, 0.15) is 12.6 Å². The van der Waals surface area contributed by atoms with E-state index in [4.69, 9.17) is 4.74 Å². The van der Waals surface area contributed by atoms with Gasteiger partial charge >= 0.3 is 5.97 Å². The van der Waals surface area contributed by atoms with Crippen LogP contribution in [0.25, 0.3) is 0 Å². The number of hydrogen-bond donors (Lipinski definition) is 0. The van der Waals surface area contributed by atoms with Crippen LogP contribution in [0, 0.1) is 5.92 Å². The summed E-state index contributed by atoms with van der Waals surface area (Å²) in [5, 5.41) is 0. The van der Waals surface area contributed by atoms with Crippen LogP contribution in [0.2, 0.25) is 0 Å². The highest BCUT2D eigenvalue weighted by molar-refractivity contribution is 5.77. The first kappa shape index (κ1) is 17.0. The summed E-state index contributed by atoms with van der Waals surface area (Å²) in [7, 11) is 0. The number of carbonyl (C=O) groups excluding carboxylic acids is 1. The molecule has 0 spiro atoms. The smallest absolute Gasteiger partial charge is 0.324 e. The minimum atomic E-state index is -0.147. The van der Waals surface area contributed by atoms with E-state index < -0.39 is 0 Å². The summed E-state index contributed by atoms with van der Waals surface area (Å²) in [5.74, 6) is 0.194. The van der Waals surface area contributed by atoms with E-state index in [2.05, 4.69) is 41.3 Å². The second-order valence-corrected chi connectivity index (χ2v) is 7.21.